The van der Waals surface area contributed by atoms with Gasteiger partial charge in [0, 0.05) is 37.7 Å². The number of hydrogen-bond acceptors (Lipinski definition) is 6. The maximum atomic E-state index is 12.8. The molecule has 1 aromatic carbocycles. The number of benzene rings is 1. The average Bonchev–Trinajstić information content (AvgIpc) is 3.52. The van der Waals surface area contributed by atoms with Gasteiger partial charge in [0.25, 0.3) is 5.91 Å². The fraction of sp³-hybridized carbons (Fsp3) is 0.357. The number of carbonyl (C=O) groups excluding carboxylic acids is 2. The number of likely N-dealkylation sites (tertiary alicyclic amines) is 1. The zero-order valence-electron chi connectivity index (χ0n) is 22.9. The molecule has 1 saturated heterocycles. The average molecular weight is 577 g/mol. The first-order valence-electron chi connectivity index (χ1n) is 12.7. The van der Waals surface area contributed by atoms with Crippen molar-refractivity contribution in [2.24, 2.45) is 11.7 Å². The van der Waals surface area contributed by atoms with E-state index in [2.05, 4.69) is 45.5 Å². The predicted octanol–water partition coefficient (Wildman–Crippen LogP) is 2.85. The smallest absolute Gasteiger partial charge is 0.255 e. The van der Waals surface area contributed by atoms with Crippen molar-refractivity contribution in [1.29, 1.82) is 0 Å². The lowest BCUT2D eigenvalue weighted by atomic mass is 9.85. The number of ether oxygens (including phenoxy) is 1. The number of nitrogens with two attached hydrogens (primary N) is 1. The number of amides is 2. The van der Waals surface area contributed by atoms with Crippen molar-refractivity contribution in [2.45, 2.75) is 38.0 Å². The summed E-state index contributed by atoms with van der Waals surface area (Å²) in [6.45, 7) is 12.6. The van der Waals surface area contributed by atoms with Gasteiger partial charge in [-0.15, -0.1) is 0 Å². The molecule has 0 bridgehead atoms. The molecule has 3 atom stereocenters. The van der Waals surface area contributed by atoms with E-state index in [1.165, 1.54) is 6.08 Å². The summed E-state index contributed by atoms with van der Waals surface area (Å²) in [5.74, 6) is 5.66. The number of halogens is 1. The normalized spacial score (nSPS) is 20.5. The van der Waals surface area contributed by atoms with Crippen molar-refractivity contribution in [3.8, 4) is 11.8 Å². The molecule has 0 aliphatic carbocycles. The van der Waals surface area contributed by atoms with Crippen LogP contribution in [0.3, 0.4) is 0 Å². The van der Waals surface area contributed by atoms with Gasteiger partial charge in [0.15, 0.2) is 5.69 Å². The molecule has 3 aromatic rings. The highest BCUT2D eigenvalue weighted by Crippen LogP contribution is 2.39. The molecule has 12 heteroatoms. The molecule has 207 valence electrons. The first-order valence-corrected chi connectivity index (χ1v) is 13.6. The lowest BCUT2D eigenvalue weighted by molar-refractivity contribution is -0.132. The molecular formula is C28H31ClN7O3Si. The zero-order chi connectivity index (χ0) is 29.4. The summed E-state index contributed by atoms with van der Waals surface area (Å²) in [5.41, 5.74) is 8.27. The van der Waals surface area contributed by atoms with E-state index in [0.29, 0.717) is 28.6 Å². The van der Waals surface area contributed by atoms with Gasteiger partial charge in [-0.1, -0.05) is 30.7 Å². The predicted molar refractivity (Wildman–Crippen MR) is 156 cm³/mol. The molecule has 3 heterocycles. The Morgan fingerprint density at radius 3 is 2.73 bits per heavy atom. The minimum Gasteiger partial charge on any atom is -0.501 e. The van der Waals surface area contributed by atoms with Crippen LogP contribution in [-0.2, 0) is 21.2 Å². The summed E-state index contributed by atoms with van der Waals surface area (Å²) in [7, 11) is 7.11. The summed E-state index contributed by atoms with van der Waals surface area (Å²) >= 11 is 6.55. The Bertz CT molecular complexity index is 1580. The first kappa shape index (κ1) is 29.0. The monoisotopic (exact) mass is 576 g/mol. The van der Waals surface area contributed by atoms with Gasteiger partial charge in [0.05, 0.1) is 50.7 Å². The number of methoxy groups -OCH3 is 1. The number of aryl methyl sites for hydroxylation is 1. The third-order valence-corrected chi connectivity index (χ3v) is 8.22. The molecule has 2 amide bonds. The van der Waals surface area contributed by atoms with Gasteiger partial charge in [-0.3, -0.25) is 9.59 Å². The van der Waals surface area contributed by atoms with Crippen molar-refractivity contribution < 1.29 is 14.3 Å². The van der Waals surface area contributed by atoms with E-state index in [4.69, 9.17) is 27.2 Å². The molecular weight excluding hydrogens is 546 g/mol. The molecule has 1 unspecified atom stereocenters. The second-order valence-electron chi connectivity index (χ2n) is 9.62. The summed E-state index contributed by atoms with van der Waals surface area (Å²) < 4.78 is 9.06. The van der Waals surface area contributed by atoms with E-state index in [-0.39, 0.29) is 35.7 Å². The van der Waals surface area contributed by atoms with E-state index >= 15 is 0 Å². The van der Waals surface area contributed by atoms with Crippen molar-refractivity contribution >= 4 is 50.5 Å². The Balaban J connectivity index is 1.85. The fourth-order valence-corrected chi connectivity index (χ4v) is 5.92. The van der Waals surface area contributed by atoms with E-state index in [1.807, 2.05) is 24.5 Å². The third-order valence-electron chi connectivity index (χ3n) is 7.34. The number of primary amides is 1. The quantitative estimate of drug-likeness (QED) is 0.193. The number of anilines is 1. The number of piperidine rings is 1. The van der Waals surface area contributed by atoms with Gasteiger partial charge < -0.3 is 25.3 Å². The minimum absolute atomic E-state index is 0.113. The van der Waals surface area contributed by atoms with Crippen molar-refractivity contribution in [1.82, 2.24) is 24.2 Å². The van der Waals surface area contributed by atoms with Crippen LogP contribution in [-0.4, -0.2) is 73.0 Å². The number of nitrogens with zero attached hydrogens (tertiary/aromatic N) is 5. The number of carbonyl (C=O) groups is 2. The SMILES string of the molecule is C=CC(=O)N1C[C@@]([Si])(n2nc(C#Cc3cc4ncn(CC)c4cc3Cl)c(C(N)=O)c2NC)C[C@H](C(=C)OC)C1C. The van der Waals surface area contributed by atoms with Crippen LogP contribution < -0.4 is 11.1 Å². The van der Waals surface area contributed by atoms with Gasteiger partial charge in [-0.25, -0.2) is 9.67 Å². The second-order valence-corrected chi connectivity index (χ2v) is 11.0. The van der Waals surface area contributed by atoms with Gasteiger partial charge in [0.1, 0.15) is 11.4 Å². The largest absolute Gasteiger partial charge is 0.501 e. The molecule has 0 saturated carbocycles. The van der Waals surface area contributed by atoms with Gasteiger partial charge in [0.2, 0.25) is 5.91 Å². The van der Waals surface area contributed by atoms with Crippen LogP contribution >= 0.6 is 11.6 Å². The number of fused-ring (bicyclic) bond motifs is 1. The summed E-state index contributed by atoms with van der Waals surface area (Å²) in [4.78, 5) is 31.6. The standard InChI is InChI=1S/C28H31ClN7O3Si/c1-7-24(37)35-14-28(40,13-19(16(35)3)17(4)39-6)36-27(31-5)25(26(30)38)21(33-36)10-9-18-11-22-23(12-20(18)29)34(8-2)15-32-22/h7,11-12,15-16,19,31H,1,4,8,13-14H2,2-3,5-6H3,(H2,30,38)/t16?,19-,28+/m0/s1. The van der Waals surface area contributed by atoms with Crippen molar-refractivity contribution in [3.63, 3.8) is 0 Å². The molecule has 40 heavy (non-hydrogen) atoms. The third kappa shape index (κ3) is 5.00. The van der Waals surface area contributed by atoms with E-state index < -0.39 is 11.1 Å². The highest BCUT2D eigenvalue weighted by Gasteiger charge is 2.46. The molecule has 2 aromatic heterocycles. The maximum absolute atomic E-state index is 12.8. The van der Waals surface area contributed by atoms with E-state index in [9.17, 15) is 9.59 Å². The first-order chi connectivity index (χ1) is 19.0. The van der Waals surface area contributed by atoms with Crippen LogP contribution in [0.25, 0.3) is 11.0 Å². The Morgan fingerprint density at radius 1 is 1.40 bits per heavy atom. The van der Waals surface area contributed by atoms with E-state index in [0.717, 1.165) is 17.6 Å². The molecule has 4 rings (SSSR count). The van der Waals surface area contributed by atoms with Crippen LogP contribution in [0.15, 0.2) is 43.5 Å². The molecule has 3 radical (unpaired) electrons. The van der Waals surface area contributed by atoms with Crippen LogP contribution in [0.5, 0.6) is 0 Å². The molecule has 1 fully saturated rings. The minimum atomic E-state index is -0.969. The highest BCUT2D eigenvalue weighted by molar-refractivity contribution is 6.32. The Kier molecular flexibility index (Phi) is 8.14. The number of aromatic nitrogens is 4. The molecule has 10 nitrogen and oxygen atoms in total. The van der Waals surface area contributed by atoms with Crippen LogP contribution in [0.4, 0.5) is 5.82 Å². The summed E-state index contributed by atoms with van der Waals surface area (Å²) in [6, 6.07) is 3.39. The summed E-state index contributed by atoms with van der Waals surface area (Å²) in [5, 5.41) is 7.24. The van der Waals surface area contributed by atoms with Gasteiger partial charge >= 0.3 is 0 Å². The Hall–Kier alpha value is -4.01. The molecule has 3 N–H and O–H groups in total. The van der Waals surface area contributed by atoms with Gasteiger partial charge in [-0.2, -0.15) is 5.10 Å². The Labute approximate surface area is 241 Å². The number of nitrogens with one attached hydrogen (secondary N) is 1. The van der Waals surface area contributed by atoms with Crippen LogP contribution in [0.1, 0.15) is 41.9 Å². The van der Waals surface area contributed by atoms with Crippen LogP contribution in [0.2, 0.25) is 5.02 Å². The van der Waals surface area contributed by atoms with Crippen LogP contribution in [0, 0.1) is 17.8 Å². The molecule has 0 spiro atoms. The lowest BCUT2D eigenvalue weighted by Gasteiger charge is -2.48. The highest BCUT2D eigenvalue weighted by atomic mass is 35.5. The fourth-order valence-electron chi connectivity index (χ4n) is 5.16. The molecule has 1 aliphatic heterocycles. The summed E-state index contributed by atoms with van der Waals surface area (Å²) in [6.07, 6.45) is 3.46. The number of hydrogen-bond donors (Lipinski definition) is 2. The maximum Gasteiger partial charge on any atom is 0.255 e. The number of imidazole rings is 1. The topological polar surface area (TPSA) is 120 Å². The lowest BCUT2D eigenvalue weighted by Crippen LogP contribution is -2.59. The van der Waals surface area contributed by atoms with E-state index in [1.54, 1.807) is 36.1 Å². The zero-order valence-corrected chi connectivity index (χ0v) is 24.7. The molecule has 1 aliphatic rings. The van der Waals surface area contributed by atoms with Crippen molar-refractivity contribution in [3.05, 3.63) is 65.3 Å². The van der Waals surface area contributed by atoms with Crippen molar-refractivity contribution in [2.75, 3.05) is 26.0 Å². The Morgan fingerprint density at radius 2 is 2.12 bits per heavy atom. The number of rotatable bonds is 7. The second kappa shape index (κ2) is 11.2. The van der Waals surface area contributed by atoms with Gasteiger partial charge in [-0.05, 0) is 44.4 Å².